The number of hydrogen-bond donors (Lipinski definition) is 0. The third kappa shape index (κ3) is 4.96. The maximum Gasteiger partial charge on any atom is 0.410 e. The quantitative estimate of drug-likeness (QED) is 0.340. The number of rotatable bonds is 2. The van der Waals surface area contributed by atoms with Crippen molar-refractivity contribution >= 4 is 28.8 Å². The summed E-state index contributed by atoms with van der Waals surface area (Å²) in [5, 5.41) is 10.0. The van der Waals surface area contributed by atoms with Gasteiger partial charge >= 0.3 is 6.09 Å². The first-order valence-electron chi connectivity index (χ1n) is 14.8. The zero-order valence-electron chi connectivity index (χ0n) is 25.7. The lowest BCUT2D eigenvalue weighted by atomic mass is 9.77. The first-order valence-corrected chi connectivity index (χ1v) is 15.6. The molecule has 1 atom stereocenters. The Morgan fingerprint density at radius 2 is 1.76 bits per heavy atom. The molecular weight excluding hydrogens is 532 g/mol. The summed E-state index contributed by atoms with van der Waals surface area (Å²) >= 11 is 1.80. The predicted molar refractivity (Wildman–Crippen MR) is 165 cm³/mol. The number of nitrogens with zero attached hydrogens (tertiary/aromatic N) is 6. The molecule has 9 heteroatoms. The van der Waals surface area contributed by atoms with Gasteiger partial charge in [-0.15, -0.1) is 21.5 Å². The molecule has 0 radical (unpaired) electrons. The number of hydrogen-bond acceptors (Lipinski definition) is 7. The Morgan fingerprint density at radius 1 is 1.05 bits per heavy atom. The van der Waals surface area contributed by atoms with E-state index in [0.717, 1.165) is 68.4 Å². The van der Waals surface area contributed by atoms with Crippen LogP contribution in [0.1, 0.15) is 91.8 Å². The van der Waals surface area contributed by atoms with E-state index in [0.29, 0.717) is 0 Å². The molecule has 41 heavy (non-hydrogen) atoms. The highest BCUT2D eigenvalue weighted by molar-refractivity contribution is 7.15. The summed E-state index contributed by atoms with van der Waals surface area (Å²) in [6.45, 7) is 20.1. The number of amides is 1. The smallest absolute Gasteiger partial charge is 0.410 e. The van der Waals surface area contributed by atoms with Crippen LogP contribution in [0, 0.1) is 33.1 Å². The molecule has 8 nitrogen and oxygen atoms in total. The van der Waals surface area contributed by atoms with Gasteiger partial charge in [0.2, 0.25) is 0 Å². The number of anilines is 1. The van der Waals surface area contributed by atoms with Crippen LogP contribution in [0.2, 0.25) is 0 Å². The summed E-state index contributed by atoms with van der Waals surface area (Å²) in [5.74, 6) is 1.80. The van der Waals surface area contributed by atoms with Gasteiger partial charge < -0.3 is 14.5 Å². The van der Waals surface area contributed by atoms with E-state index in [4.69, 9.17) is 9.73 Å². The fourth-order valence-corrected chi connectivity index (χ4v) is 7.90. The minimum Gasteiger partial charge on any atom is -0.444 e. The highest BCUT2D eigenvalue weighted by Crippen LogP contribution is 2.43. The van der Waals surface area contributed by atoms with E-state index in [1.807, 2.05) is 32.6 Å². The molecule has 5 heterocycles. The number of thiophene rings is 1. The lowest BCUT2D eigenvalue weighted by molar-refractivity contribution is 0.0266. The Bertz CT molecular complexity index is 1540. The Balaban J connectivity index is 1.22. The number of carbonyl (C=O) groups excluding carboxylic acids is 1. The lowest BCUT2D eigenvalue weighted by Crippen LogP contribution is -2.43. The zero-order chi connectivity index (χ0) is 29.3. The van der Waals surface area contributed by atoms with Crippen molar-refractivity contribution in [3.8, 4) is 5.00 Å². The van der Waals surface area contributed by atoms with Crippen molar-refractivity contribution in [2.24, 2.45) is 10.4 Å². The molecule has 2 saturated heterocycles. The van der Waals surface area contributed by atoms with Crippen LogP contribution in [-0.2, 0) is 4.74 Å². The van der Waals surface area contributed by atoms with Crippen LogP contribution in [0.3, 0.4) is 0 Å². The van der Waals surface area contributed by atoms with Crippen molar-refractivity contribution in [2.45, 2.75) is 86.3 Å². The fraction of sp³-hybridized carbons (Fsp3) is 0.562. The molecule has 6 rings (SSSR count). The minimum atomic E-state index is -0.458. The largest absolute Gasteiger partial charge is 0.444 e. The normalized spacial score (nSPS) is 20.1. The van der Waals surface area contributed by atoms with Gasteiger partial charge in [-0.1, -0.05) is 6.07 Å². The molecule has 0 aliphatic carbocycles. The van der Waals surface area contributed by atoms with Gasteiger partial charge in [0.05, 0.1) is 5.71 Å². The number of aryl methyl sites for hydroxylation is 3. The second-order valence-corrected chi connectivity index (χ2v) is 14.4. The minimum absolute atomic E-state index is 0.0876. The van der Waals surface area contributed by atoms with Gasteiger partial charge in [-0.2, -0.15) is 0 Å². The van der Waals surface area contributed by atoms with Gasteiger partial charge in [0.25, 0.3) is 0 Å². The third-order valence-electron chi connectivity index (χ3n) is 9.08. The van der Waals surface area contributed by atoms with Crippen LogP contribution in [0.15, 0.2) is 23.2 Å². The molecule has 2 aromatic heterocycles. The average Bonchev–Trinajstić information content (AvgIpc) is 3.56. The van der Waals surface area contributed by atoms with Crippen molar-refractivity contribution in [3.63, 3.8) is 0 Å². The Morgan fingerprint density at radius 3 is 2.44 bits per heavy atom. The first kappa shape index (κ1) is 27.9. The Kier molecular flexibility index (Phi) is 6.79. The molecule has 1 spiro atoms. The molecule has 0 bridgehead atoms. The number of ether oxygens (including phenoxy) is 1. The van der Waals surface area contributed by atoms with E-state index in [2.05, 4.69) is 65.6 Å². The summed E-state index contributed by atoms with van der Waals surface area (Å²) in [4.78, 5) is 23.6. The maximum absolute atomic E-state index is 12.7. The summed E-state index contributed by atoms with van der Waals surface area (Å²) in [5.41, 5.74) is 6.96. The third-order valence-corrected chi connectivity index (χ3v) is 10.3. The molecule has 1 aromatic carbocycles. The molecule has 3 aromatic rings. The highest BCUT2D eigenvalue weighted by Gasteiger charge is 2.43. The van der Waals surface area contributed by atoms with Crippen LogP contribution in [0.25, 0.3) is 5.00 Å². The standard InChI is InChI=1S/C32H42N6O2S/c1-19-17-24(27-26-20(2)22(4)41-29(26)38-23(5)34-35-28(38)21(3)33-27)9-10-25(19)36-14-11-32(12-15-36)13-16-37(18-32)30(39)40-31(6,7)8/h9-10,17,21H,11-16,18H2,1-8H3/t21-/m0/s1. The molecule has 0 unspecified atom stereocenters. The summed E-state index contributed by atoms with van der Waals surface area (Å²) in [6.07, 6.45) is 3.07. The molecular formula is C32H42N6O2S. The SMILES string of the molecule is Cc1cc(C2=N[C@@H](C)c3nnc(C)n3-c3sc(C)c(C)c32)ccc1N1CCC2(CCN(C(=O)OC(C)(C)C)C2)CC1. The fourth-order valence-electron chi connectivity index (χ4n) is 6.69. The topological polar surface area (TPSA) is 75.9 Å². The van der Waals surface area contributed by atoms with Crippen molar-refractivity contribution < 1.29 is 9.53 Å². The van der Waals surface area contributed by atoms with Gasteiger partial charge in [0.1, 0.15) is 22.5 Å². The summed E-state index contributed by atoms with van der Waals surface area (Å²) < 4.78 is 7.84. The molecule has 0 N–H and O–H groups in total. The Labute approximate surface area is 247 Å². The number of fused-ring (bicyclic) bond motifs is 3. The average molecular weight is 575 g/mol. The number of likely N-dealkylation sites (tertiary alicyclic amines) is 1. The van der Waals surface area contributed by atoms with Crippen LogP contribution >= 0.6 is 11.3 Å². The van der Waals surface area contributed by atoms with E-state index in [9.17, 15) is 4.79 Å². The van der Waals surface area contributed by atoms with Crippen LogP contribution < -0.4 is 4.90 Å². The summed E-state index contributed by atoms with van der Waals surface area (Å²) in [6, 6.07) is 6.74. The first-order chi connectivity index (χ1) is 19.4. The molecule has 3 aliphatic heterocycles. The van der Waals surface area contributed by atoms with Crippen LogP contribution in [0.4, 0.5) is 10.5 Å². The highest BCUT2D eigenvalue weighted by atomic mass is 32.1. The van der Waals surface area contributed by atoms with E-state index < -0.39 is 5.60 Å². The molecule has 1 amide bonds. The number of aliphatic imine (C=N–C) groups is 1. The molecule has 3 aliphatic rings. The second kappa shape index (κ2) is 9.96. The van der Waals surface area contributed by atoms with Crippen molar-refractivity contribution in [1.82, 2.24) is 19.7 Å². The van der Waals surface area contributed by atoms with Crippen molar-refractivity contribution in [2.75, 3.05) is 31.1 Å². The monoisotopic (exact) mass is 574 g/mol. The van der Waals surface area contributed by atoms with Gasteiger partial charge in [0, 0.05) is 47.9 Å². The van der Waals surface area contributed by atoms with E-state index in [1.165, 1.54) is 32.3 Å². The number of aromatic nitrogens is 3. The number of piperidine rings is 1. The van der Waals surface area contributed by atoms with E-state index in [1.54, 1.807) is 11.3 Å². The van der Waals surface area contributed by atoms with E-state index in [-0.39, 0.29) is 17.6 Å². The Hall–Kier alpha value is -3.20. The van der Waals surface area contributed by atoms with Gasteiger partial charge in [0.15, 0.2) is 5.82 Å². The predicted octanol–water partition coefficient (Wildman–Crippen LogP) is 6.70. The molecule has 2 fully saturated rings. The lowest BCUT2D eigenvalue weighted by Gasteiger charge is -2.41. The van der Waals surface area contributed by atoms with Crippen LogP contribution in [-0.4, -0.2) is 63.2 Å². The van der Waals surface area contributed by atoms with Gasteiger partial charge in [-0.25, -0.2) is 4.79 Å². The molecule has 0 saturated carbocycles. The van der Waals surface area contributed by atoms with Gasteiger partial charge in [-0.3, -0.25) is 9.56 Å². The van der Waals surface area contributed by atoms with Crippen molar-refractivity contribution in [1.29, 1.82) is 0 Å². The van der Waals surface area contributed by atoms with E-state index >= 15 is 0 Å². The molecule has 218 valence electrons. The second-order valence-electron chi connectivity index (χ2n) is 13.2. The maximum atomic E-state index is 12.7. The summed E-state index contributed by atoms with van der Waals surface area (Å²) in [7, 11) is 0. The van der Waals surface area contributed by atoms with Crippen LogP contribution in [0.5, 0.6) is 0 Å². The van der Waals surface area contributed by atoms with Gasteiger partial charge in [-0.05, 0) is 103 Å². The number of carbonyl (C=O) groups is 1. The zero-order valence-corrected chi connectivity index (χ0v) is 26.5. The van der Waals surface area contributed by atoms with Crippen molar-refractivity contribution in [3.05, 3.63) is 57.0 Å². The number of benzene rings is 1.